The van der Waals surface area contributed by atoms with Gasteiger partial charge >= 0.3 is 0 Å². The third-order valence-electron chi connectivity index (χ3n) is 3.46. The summed E-state index contributed by atoms with van der Waals surface area (Å²) in [6, 6.07) is 3.60. The number of anilines is 1. The second kappa shape index (κ2) is 5.89. The van der Waals surface area contributed by atoms with Crippen LogP contribution >= 0.6 is 0 Å². The van der Waals surface area contributed by atoms with Gasteiger partial charge in [-0.25, -0.2) is 4.98 Å². The summed E-state index contributed by atoms with van der Waals surface area (Å²) < 4.78 is 0. The molecule has 20 heavy (non-hydrogen) atoms. The van der Waals surface area contributed by atoms with Crippen molar-refractivity contribution >= 4 is 11.6 Å². The second-order valence-electron chi connectivity index (χ2n) is 6.03. The number of ketones is 1. The molecular formula is C15H23N3O2. The molecule has 1 aliphatic rings. The first-order chi connectivity index (χ1) is 9.35. The molecule has 1 aromatic rings. The van der Waals surface area contributed by atoms with E-state index < -0.39 is 5.60 Å². The standard InChI is InChI=1S/C15H23N3O2/c1-12(19)13-4-5-16-14(10-13)18-8-6-17(7-9-18)11-15(2,3)20/h4-5,10,20H,6-9,11H2,1-3H3. The molecule has 1 saturated heterocycles. The zero-order chi connectivity index (χ0) is 14.8. The number of nitrogens with zero attached hydrogens (tertiary/aromatic N) is 3. The van der Waals surface area contributed by atoms with E-state index in [1.807, 2.05) is 19.9 Å². The lowest BCUT2D eigenvalue weighted by atomic mass is 10.1. The van der Waals surface area contributed by atoms with Crippen molar-refractivity contribution in [2.24, 2.45) is 0 Å². The number of aromatic nitrogens is 1. The number of pyridine rings is 1. The van der Waals surface area contributed by atoms with Gasteiger partial charge in [0, 0.05) is 44.5 Å². The summed E-state index contributed by atoms with van der Waals surface area (Å²) >= 11 is 0. The number of rotatable bonds is 4. The molecule has 1 N–H and O–H groups in total. The molecule has 1 fully saturated rings. The number of hydrogen-bond acceptors (Lipinski definition) is 5. The summed E-state index contributed by atoms with van der Waals surface area (Å²) in [4.78, 5) is 20.2. The summed E-state index contributed by atoms with van der Waals surface area (Å²) in [7, 11) is 0. The van der Waals surface area contributed by atoms with E-state index in [0.717, 1.165) is 32.0 Å². The molecule has 2 heterocycles. The topological polar surface area (TPSA) is 56.7 Å². The Kier molecular flexibility index (Phi) is 4.40. The molecule has 0 atom stereocenters. The summed E-state index contributed by atoms with van der Waals surface area (Å²) in [6.45, 7) is 9.44. The molecule has 0 saturated carbocycles. The number of carbonyl (C=O) groups is 1. The Hall–Kier alpha value is -1.46. The zero-order valence-electron chi connectivity index (χ0n) is 12.5. The second-order valence-corrected chi connectivity index (χ2v) is 6.03. The van der Waals surface area contributed by atoms with Crippen LogP contribution in [0, 0.1) is 0 Å². The maximum absolute atomic E-state index is 11.4. The fraction of sp³-hybridized carbons (Fsp3) is 0.600. The summed E-state index contributed by atoms with van der Waals surface area (Å²) in [6.07, 6.45) is 1.69. The Balaban J connectivity index is 1.97. The molecule has 2 rings (SSSR count). The fourth-order valence-corrected chi connectivity index (χ4v) is 2.49. The van der Waals surface area contributed by atoms with Crippen molar-refractivity contribution in [3.05, 3.63) is 23.9 Å². The van der Waals surface area contributed by atoms with Crippen molar-refractivity contribution in [1.82, 2.24) is 9.88 Å². The van der Waals surface area contributed by atoms with E-state index in [1.165, 1.54) is 0 Å². The van der Waals surface area contributed by atoms with Gasteiger partial charge in [0.05, 0.1) is 5.60 Å². The summed E-state index contributed by atoms with van der Waals surface area (Å²) in [5.41, 5.74) is 0.0449. The molecule has 0 radical (unpaired) electrons. The number of β-amino-alcohol motifs (C(OH)–C–C–N with tert-alkyl or cyclic N) is 1. The van der Waals surface area contributed by atoms with Gasteiger partial charge in [0.15, 0.2) is 5.78 Å². The molecular weight excluding hydrogens is 254 g/mol. The maximum Gasteiger partial charge on any atom is 0.159 e. The number of piperazine rings is 1. The summed E-state index contributed by atoms with van der Waals surface area (Å²) in [5.74, 6) is 0.926. The van der Waals surface area contributed by atoms with Gasteiger partial charge in [-0.3, -0.25) is 9.69 Å². The average Bonchev–Trinajstić information content (AvgIpc) is 2.38. The third-order valence-corrected chi connectivity index (χ3v) is 3.46. The van der Waals surface area contributed by atoms with Gasteiger partial charge in [0.1, 0.15) is 5.82 Å². The van der Waals surface area contributed by atoms with E-state index in [0.29, 0.717) is 12.1 Å². The highest BCUT2D eigenvalue weighted by atomic mass is 16.3. The molecule has 0 aromatic carbocycles. The lowest BCUT2D eigenvalue weighted by Crippen LogP contribution is -2.50. The van der Waals surface area contributed by atoms with Gasteiger partial charge in [-0.15, -0.1) is 0 Å². The molecule has 0 aliphatic carbocycles. The summed E-state index contributed by atoms with van der Waals surface area (Å²) in [5, 5.41) is 9.85. The average molecular weight is 277 g/mol. The fourth-order valence-electron chi connectivity index (χ4n) is 2.49. The van der Waals surface area contributed by atoms with Crippen molar-refractivity contribution in [3.8, 4) is 0 Å². The SMILES string of the molecule is CC(=O)c1ccnc(N2CCN(CC(C)(C)O)CC2)c1. The van der Waals surface area contributed by atoms with E-state index in [2.05, 4.69) is 14.8 Å². The first kappa shape index (κ1) is 14.9. The van der Waals surface area contributed by atoms with Crippen molar-refractivity contribution < 1.29 is 9.90 Å². The minimum absolute atomic E-state index is 0.0642. The molecule has 110 valence electrons. The Morgan fingerprint density at radius 3 is 2.55 bits per heavy atom. The van der Waals surface area contributed by atoms with Crippen LogP contribution < -0.4 is 4.90 Å². The van der Waals surface area contributed by atoms with Crippen LogP contribution in [0.1, 0.15) is 31.1 Å². The molecule has 1 aliphatic heterocycles. The molecule has 5 nitrogen and oxygen atoms in total. The first-order valence-electron chi connectivity index (χ1n) is 7.02. The molecule has 0 unspecified atom stereocenters. The molecule has 1 aromatic heterocycles. The number of Topliss-reactive ketones (excluding diaryl/α,β-unsaturated/α-hetero) is 1. The van der Waals surface area contributed by atoms with Crippen molar-refractivity contribution in [1.29, 1.82) is 0 Å². The Morgan fingerprint density at radius 1 is 1.35 bits per heavy atom. The number of carbonyl (C=O) groups excluding carboxylic acids is 1. The Labute approximate surface area is 120 Å². The van der Waals surface area contributed by atoms with Crippen LogP contribution in [0.15, 0.2) is 18.3 Å². The molecule has 0 spiro atoms. The van der Waals surface area contributed by atoms with Gasteiger partial charge in [-0.1, -0.05) is 0 Å². The lowest BCUT2D eigenvalue weighted by molar-refractivity contribution is 0.0344. The first-order valence-corrected chi connectivity index (χ1v) is 7.02. The van der Waals surface area contributed by atoms with E-state index in [4.69, 9.17) is 0 Å². The van der Waals surface area contributed by atoms with Crippen LogP contribution in [0.4, 0.5) is 5.82 Å². The normalized spacial score (nSPS) is 17.3. The van der Waals surface area contributed by atoms with Crippen LogP contribution in [0.3, 0.4) is 0 Å². The minimum Gasteiger partial charge on any atom is -0.389 e. The van der Waals surface area contributed by atoms with E-state index in [1.54, 1.807) is 19.2 Å². The van der Waals surface area contributed by atoms with Crippen LogP contribution in [0.5, 0.6) is 0 Å². The van der Waals surface area contributed by atoms with E-state index in [-0.39, 0.29) is 5.78 Å². The van der Waals surface area contributed by atoms with Gasteiger partial charge in [0.2, 0.25) is 0 Å². The van der Waals surface area contributed by atoms with Gasteiger partial charge < -0.3 is 10.0 Å². The van der Waals surface area contributed by atoms with Crippen LogP contribution in [-0.2, 0) is 0 Å². The highest BCUT2D eigenvalue weighted by molar-refractivity contribution is 5.94. The van der Waals surface area contributed by atoms with Crippen LogP contribution in [-0.4, -0.2) is 59.1 Å². The van der Waals surface area contributed by atoms with Gasteiger partial charge in [-0.05, 0) is 32.9 Å². The van der Waals surface area contributed by atoms with Crippen molar-refractivity contribution in [2.75, 3.05) is 37.6 Å². The van der Waals surface area contributed by atoms with Crippen molar-refractivity contribution in [2.45, 2.75) is 26.4 Å². The monoisotopic (exact) mass is 277 g/mol. The highest BCUT2D eigenvalue weighted by Gasteiger charge is 2.23. The smallest absolute Gasteiger partial charge is 0.159 e. The van der Waals surface area contributed by atoms with E-state index in [9.17, 15) is 9.90 Å². The third kappa shape index (κ3) is 4.02. The van der Waals surface area contributed by atoms with Crippen molar-refractivity contribution in [3.63, 3.8) is 0 Å². The predicted octanol–water partition coefficient (Wildman–Crippen LogP) is 1.18. The van der Waals surface area contributed by atoms with E-state index >= 15 is 0 Å². The Morgan fingerprint density at radius 2 is 2.00 bits per heavy atom. The number of aliphatic hydroxyl groups is 1. The highest BCUT2D eigenvalue weighted by Crippen LogP contribution is 2.16. The minimum atomic E-state index is -0.658. The lowest BCUT2D eigenvalue weighted by Gasteiger charge is -2.37. The van der Waals surface area contributed by atoms with Crippen LogP contribution in [0.2, 0.25) is 0 Å². The molecule has 5 heteroatoms. The predicted molar refractivity (Wildman–Crippen MR) is 79.2 cm³/mol. The zero-order valence-corrected chi connectivity index (χ0v) is 12.5. The van der Waals surface area contributed by atoms with Gasteiger partial charge in [-0.2, -0.15) is 0 Å². The van der Waals surface area contributed by atoms with Gasteiger partial charge in [0.25, 0.3) is 0 Å². The maximum atomic E-state index is 11.4. The quantitative estimate of drug-likeness (QED) is 0.838. The van der Waals surface area contributed by atoms with Crippen LogP contribution in [0.25, 0.3) is 0 Å². The molecule has 0 amide bonds. The Bertz CT molecular complexity index is 474. The molecule has 0 bridgehead atoms. The largest absolute Gasteiger partial charge is 0.389 e. The number of hydrogen-bond donors (Lipinski definition) is 1.